The number of piperazine rings is 3. The van der Waals surface area contributed by atoms with Crippen LogP contribution in [0.25, 0.3) is 16.7 Å². The van der Waals surface area contributed by atoms with Crippen molar-refractivity contribution in [2.75, 3.05) is 51.1 Å². The molecule has 4 atom stereocenters. The molecule has 1 aliphatic carbocycles. The monoisotopic (exact) mass is 664 g/mol. The number of carboxylic acids is 1. The number of phenols is 1. The molecule has 5 aliphatic heterocycles. The Morgan fingerprint density at radius 2 is 1.53 bits per heavy atom. The lowest BCUT2D eigenvalue weighted by molar-refractivity contribution is -1.08. The number of rotatable bonds is 8. The number of nitrogens with one attached hydrogen (secondary N) is 1. The molecule has 0 aromatic heterocycles. The molecule has 9 rings (SSSR count). The van der Waals surface area contributed by atoms with E-state index in [0.29, 0.717) is 34.5 Å². The third kappa shape index (κ3) is 4.90. The van der Waals surface area contributed by atoms with Gasteiger partial charge in [0.2, 0.25) is 5.91 Å². The number of benzene rings is 3. The fraction of sp³-hybridized carbons (Fsp3) is 0.368. The fourth-order valence-electron chi connectivity index (χ4n) is 9.20. The number of quaternary nitrogens is 2. The second-order valence-electron chi connectivity index (χ2n) is 14.7. The molecular formula is C38H40N4O7+2. The average Bonchev–Trinajstić information content (AvgIpc) is 3.50. The maximum absolute atomic E-state index is 13.7. The van der Waals surface area contributed by atoms with Crippen LogP contribution in [0.2, 0.25) is 0 Å². The number of hydrogen-bond donors (Lipinski definition) is 4. The van der Waals surface area contributed by atoms with Gasteiger partial charge in [-0.15, -0.1) is 0 Å². The maximum atomic E-state index is 13.7. The van der Waals surface area contributed by atoms with Gasteiger partial charge in [-0.1, -0.05) is 25.1 Å². The number of ketones is 1. The standard InChI is InChI=1S/C38H38N4O7/c1-21-32(35(38(48)49)40-34(21)33(22(2)43)37(40)47)24-4-10-27-29-17-23(3-9-28(29)36(46)30(27)18-24)19-41-11-14-42(15-12-41,16-13-41)20-31(45)39-25-5-7-26(44)8-6-25/h3-10,17-18,21-22,33-34,43H,11-16,19-20H2,1-2H3,(H-2,39,44,45,48,49)/p+2/t21-,22+,33+,34+,41?,42?/m0/s1. The molecule has 0 radical (unpaired) electrons. The molecule has 11 nitrogen and oxygen atoms in total. The topological polar surface area (TPSA) is 144 Å². The Labute approximate surface area is 283 Å². The number of nitrogens with zero attached hydrogens (tertiary/aromatic N) is 3. The SMILES string of the molecule is C[C@@H](O)[C@H]1C(=O)N2C(C(=O)O)=C(c3ccc4c(c3)C(=O)c3ccc(C[N+]56CC[N+](CC(=O)Nc7ccc(O)cc7)(CC5)CC6)cc3-4)[C@H](C)[C@H]12. The zero-order chi connectivity index (χ0) is 34.4. The summed E-state index contributed by atoms with van der Waals surface area (Å²) < 4.78 is 1.73. The minimum absolute atomic E-state index is 0.0159. The van der Waals surface area contributed by atoms with Crippen molar-refractivity contribution in [3.05, 3.63) is 88.6 Å². The van der Waals surface area contributed by atoms with E-state index in [1.54, 1.807) is 37.3 Å². The number of anilines is 1. The zero-order valence-corrected chi connectivity index (χ0v) is 27.6. The van der Waals surface area contributed by atoms with Crippen LogP contribution in [0.15, 0.2) is 66.4 Å². The van der Waals surface area contributed by atoms with Gasteiger partial charge in [-0.05, 0) is 71.7 Å². The van der Waals surface area contributed by atoms with Gasteiger partial charge in [0.25, 0.3) is 5.91 Å². The van der Waals surface area contributed by atoms with Crippen molar-refractivity contribution in [3.63, 3.8) is 0 Å². The number of aromatic hydroxyl groups is 1. The molecule has 4 saturated heterocycles. The highest BCUT2D eigenvalue weighted by atomic mass is 16.4. The van der Waals surface area contributed by atoms with Crippen molar-refractivity contribution in [1.29, 1.82) is 0 Å². The summed E-state index contributed by atoms with van der Waals surface area (Å²) in [5.74, 6) is -2.51. The van der Waals surface area contributed by atoms with E-state index >= 15 is 0 Å². The highest BCUT2D eigenvalue weighted by Gasteiger charge is 2.60. The first kappa shape index (κ1) is 31.4. The van der Waals surface area contributed by atoms with Crippen molar-refractivity contribution >= 4 is 34.8 Å². The Morgan fingerprint density at radius 1 is 0.878 bits per heavy atom. The molecule has 4 N–H and O–H groups in total. The molecule has 2 amide bonds. The van der Waals surface area contributed by atoms with E-state index in [2.05, 4.69) is 11.4 Å². The second-order valence-corrected chi connectivity index (χ2v) is 14.7. The summed E-state index contributed by atoms with van der Waals surface area (Å²) in [5.41, 5.74) is 5.74. The van der Waals surface area contributed by atoms with Gasteiger partial charge in [0.05, 0.1) is 18.1 Å². The Morgan fingerprint density at radius 3 is 2.18 bits per heavy atom. The number of carboxylic acid groups (broad SMARTS) is 1. The lowest BCUT2D eigenvalue weighted by Gasteiger charge is -2.55. The van der Waals surface area contributed by atoms with E-state index < -0.39 is 24.0 Å². The summed E-state index contributed by atoms with van der Waals surface area (Å²) in [5, 5.41) is 32.8. The number of hydrogen-bond acceptors (Lipinski definition) is 6. The molecule has 4 fully saturated rings. The first-order chi connectivity index (χ1) is 23.4. The molecule has 5 heterocycles. The molecule has 3 aromatic carbocycles. The predicted molar refractivity (Wildman–Crippen MR) is 180 cm³/mol. The number of aliphatic hydroxyl groups is 1. The molecule has 252 valence electrons. The number of aliphatic hydroxyl groups excluding tert-OH is 1. The lowest BCUT2D eigenvalue weighted by Crippen LogP contribution is -2.75. The van der Waals surface area contributed by atoms with Gasteiger partial charge in [-0.3, -0.25) is 14.4 Å². The molecular weight excluding hydrogens is 624 g/mol. The van der Waals surface area contributed by atoms with Crippen molar-refractivity contribution in [2.45, 2.75) is 32.5 Å². The molecule has 6 aliphatic rings. The van der Waals surface area contributed by atoms with Gasteiger partial charge in [0.1, 0.15) is 57.3 Å². The third-order valence-electron chi connectivity index (χ3n) is 11.9. The molecule has 0 unspecified atom stereocenters. The number of β-lactam (4-membered cyclic amide) rings is 1. The minimum atomic E-state index is -1.20. The van der Waals surface area contributed by atoms with Gasteiger partial charge in [-0.2, -0.15) is 0 Å². The predicted octanol–water partition coefficient (Wildman–Crippen LogP) is 3.06. The van der Waals surface area contributed by atoms with Gasteiger partial charge in [0.15, 0.2) is 12.3 Å². The van der Waals surface area contributed by atoms with Crippen molar-refractivity contribution in [3.8, 4) is 16.9 Å². The van der Waals surface area contributed by atoms with Gasteiger partial charge >= 0.3 is 5.97 Å². The largest absolute Gasteiger partial charge is 0.508 e. The van der Waals surface area contributed by atoms with Crippen molar-refractivity contribution in [1.82, 2.24) is 4.90 Å². The van der Waals surface area contributed by atoms with Crippen molar-refractivity contribution in [2.24, 2.45) is 11.8 Å². The third-order valence-corrected chi connectivity index (χ3v) is 11.9. The normalized spacial score (nSPS) is 28.6. The minimum Gasteiger partial charge on any atom is -0.508 e. The molecule has 11 heteroatoms. The molecule has 49 heavy (non-hydrogen) atoms. The number of phenolic OH excluding ortho intramolecular Hbond substituents is 1. The number of fused-ring (bicyclic) bond motifs is 7. The van der Waals surface area contributed by atoms with Crippen LogP contribution in [0.4, 0.5) is 5.69 Å². The first-order valence-electron chi connectivity index (χ1n) is 17.0. The maximum Gasteiger partial charge on any atom is 0.352 e. The quantitative estimate of drug-likeness (QED) is 0.129. The summed E-state index contributed by atoms with van der Waals surface area (Å²) in [6.07, 6.45) is -0.887. The number of amides is 2. The number of carbonyl (C=O) groups excluding carboxylic acids is 3. The van der Waals surface area contributed by atoms with Crippen molar-refractivity contribution < 1.29 is 43.5 Å². The van der Waals surface area contributed by atoms with Crippen LogP contribution in [-0.2, 0) is 20.9 Å². The van der Waals surface area contributed by atoms with Crippen LogP contribution in [0, 0.1) is 11.8 Å². The second kappa shape index (κ2) is 11.1. The van der Waals surface area contributed by atoms with E-state index in [1.165, 1.54) is 4.90 Å². The molecule has 2 bridgehead atoms. The van der Waals surface area contributed by atoms with E-state index in [9.17, 15) is 34.5 Å². The highest BCUT2D eigenvalue weighted by Crippen LogP contribution is 2.51. The first-order valence-corrected chi connectivity index (χ1v) is 17.0. The van der Waals surface area contributed by atoms with E-state index in [0.717, 1.165) is 71.5 Å². The van der Waals surface area contributed by atoms with Gasteiger partial charge < -0.3 is 34.5 Å². The van der Waals surface area contributed by atoms with Crippen LogP contribution < -0.4 is 5.32 Å². The number of carbonyl (C=O) groups is 4. The number of aliphatic carboxylic acids is 1. The van der Waals surface area contributed by atoms with Crippen LogP contribution in [0.1, 0.15) is 40.9 Å². The lowest BCUT2D eigenvalue weighted by atomic mass is 9.76. The fourth-order valence-corrected chi connectivity index (χ4v) is 9.20. The molecule has 3 aromatic rings. The van der Waals surface area contributed by atoms with Crippen LogP contribution in [0.3, 0.4) is 0 Å². The Balaban J connectivity index is 0.993. The summed E-state index contributed by atoms with van der Waals surface area (Å²) in [6.45, 7) is 10.4. The summed E-state index contributed by atoms with van der Waals surface area (Å²) >= 11 is 0. The van der Waals surface area contributed by atoms with Crippen LogP contribution in [0.5, 0.6) is 5.75 Å². The molecule has 0 saturated carbocycles. The smallest absolute Gasteiger partial charge is 0.352 e. The zero-order valence-electron chi connectivity index (χ0n) is 27.6. The average molecular weight is 665 g/mol. The Hall–Kier alpha value is -4.84. The van der Waals surface area contributed by atoms with Gasteiger partial charge in [0, 0.05) is 28.3 Å². The summed E-state index contributed by atoms with van der Waals surface area (Å²) in [6, 6.07) is 17.7. The molecule has 0 spiro atoms. The summed E-state index contributed by atoms with van der Waals surface area (Å²) in [4.78, 5) is 53.2. The van der Waals surface area contributed by atoms with Crippen LogP contribution >= 0.6 is 0 Å². The Bertz CT molecular complexity index is 1960. The van der Waals surface area contributed by atoms with E-state index in [4.69, 9.17) is 0 Å². The van der Waals surface area contributed by atoms with Crippen LogP contribution in [-0.4, -0.2) is 111 Å². The Kier molecular flexibility index (Phi) is 7.12. The van der Waals surface area contributed by atoms with E-state index in [1.807, 2.05) is 31.2 Å². The van der Waals surface area contributed by atoms with E-state index in [-0.39, 0.29) is 35.0 Å². The summed E-state index contributed by atoms with van der Waals surface area (Å²) in [7, 11) is 0. The van der Waals surface area contributed by atoms with Gasteiger partial charge in [-0.25, -0.2) is 4.79 Å². The highest BCUT2D eigenvalue weighted by molar-refractivity contribution is 6.22.